The van der Waals surface area contributed by atoms with E-state index < -0.39 is 0 Å². The average molecular weight is 272 g/mol. The molecule has 100 valence electrons. The highest BCUT2D eigenvalue weighted by molar-refractivity contribution is 7.13. The Labute approximate surface area is 119 Å². The molecule has 0 aliphatic carbocycles. The normalized spacial score (nSPS) is 20.6. The van der Waals surface area contributed by atoms with Crippen molar-refractivity contribution in [3.05, 3.63) is 41.4 Å². The van der Waals surface area contributed by atoms with Gasteiger partial charge in [-0.05, 0) is 26.3 Å². The summed E-state index contributed by atoms with van der Waals surface area (Å²) < 4.78 is 0. The van der Waals surface area contributed by atoms with Crippen LogP contribution in [0.25, 0.3) is 10.6 Å². The summed E-state index contributed by atoms with van der Waals surface area (Å²) in [6, 6.07) is 11.2. The van der Waals surface area contributed by atoms with Crippen molar-refractivity contribution in [1.29, 1.82) is 0 Å². The van der Waals surface area contributed by atoms with Crippen molar-refractivity contribution >= 4 is 11.3 Å². The predicted octanol–water partition coefficient (Wildman–Crippen LogP) is 4.18. The Bertz CT molecular complexity index is 521. The summed E-state index contributed by atoms with van der Waals surface area (Å²) in [5, 5.41) is 3.35. The summed E-state index contributed by atoms with van der Waals surface area (Å²) >= 11 is 1.75. The minimum atomic E-state index is 0.704. The van der Waals surface area contributed by atoms with E-state index in [2.05, 4.69) is 41.5 Å². The number of hydrogen-bond donors (Lipinski definition) is 0. The van der Waals surface area contributed by atoms with Crippen LogP contribution in [0.15, 0.2) is 35.7 Å². The molecule has 3 heteroatoms. The maximum atomic E-state index is 4.79. The second kappa shape index (κ2) is 5.85. The molecule has 0 bridgehead atoms. The van der Waals surface area contributed by atoms with Gasteiger partial charge in [0.15, 0.2) is 0 Å². The standard InChI is InChI=1S/C16H20N2S/c1-13-7-5-6-10-18(13)11-15-12-19-16(17-15)14-8-3-2-4-9-14/h2-4,8-9,12-13H,5-7,10-11H2,1H3. The van der Waals surface area contributed by atoms with E-state index in [1.807, 2.05) is 6.07 Å². The van der Waals surface area contributed by atoms with E-state index in [-0.39, 0.29) is 0 Å². The Morgan fingerprint density at radius 2 is 2.11 bits per heavy atom. The van der Waals surface area contributed by atoms with Gasteiger partial charge in [-0.2, -0.15) is 0 Å². The first-order valence-electron chi connectivity index (χ1n) is 7.07. The molecule has 0 amide bonds. The number of nitrogens with zero attached hydrogens (tertiary/aromatic N) is 2. The van der Waals surface area contributed by atoms with Gasteiger partial charge in [-0.25, -0.2) is 4.98 Å². The zero-order valence-corrected chi connectivity index (χ0v) is 12.2. The maximum Gasteiger partial charge on any atom is 0.123 e. The third-order valence-corrected chi connectivity index (χ3v) is 4.82. The highest BCUT2D eigenvalue weighted by atomic mass is 32.1. The maximum absolute atomic E-state index is 4.79. The molecule has 1 aromatic carbocycles. The van der Waals surface area contributed by atoms with Gasteiger partial charge in [0.05, 0.1) is 5.69 Å². The molecular formula is C16H20N2S. The van der Waals surface area contributed by atoms with E-state index in [1.165, 1.54) is 37.1 Å². The summed E-state index contributed by atoms with van der Waals surface area (Å²) in [5.74, 6) is 0. The van der Waals surface area contributed by atoms with Gasteiger partial charge in [0, 0.05) is 23.5 Å². The van der Waals surface area contributed by atoms with Gasteiger partial charge in [0.25, 0.3) is 0 Å². The number of benzene rings is 1. The minimum absolute atomic E-state index is 0.704. The number of aromatic nitrogens is 1. The van der Waals surface area contributed by atoms with E-state index in [0.717, 1.165) is 11.6 Å². The number of likely N-dealkylation sites (tertiary alicyclic amines) is 1. The molecule has 1 atom stereocenters. The molecule has 0 N–H and O–H groups in total. The fraction of sp³-hybridized carbons (Fsp3) is 0.438. The van der Waals surface area contributed by atoms with Gasteiger partial charge in [-0.15, -0.1) is 11.3 Å². The number of piperidine rings is 1. The van der Waals surface area contributed by atoms with Crippen LogP contribution in [0.3, 0.4) is 0 Å². The Balaban J connectivity index is 1.71. The molecule has 2 heterocycles. The second-order valence-corrected chi connectivity index (χ2v) is 6.18. The smallest absolute Gasteiger partial charge is 0.123 e. The fourth-order valence-corrected chi connectivity index (χ4v) is 3.51. The number of thiazole rings is 1. The van der Waals surface area contributed by atoms with Crippen molar-refractivity contribution in [2.24, 2.45) is 0 Å². The first kappa shape index (κ1) is 12.8. The Hall–Kier alpha value is -1.19. The molecule has 19 heavy (non-hydrogen) atoms. The van der Waals surface area contributed by atoms with Crippen molar-refractivity contribution < 1.29 is 0 Å². The van der Waals surface area contributed by atoms with Crippen LogP contribution in [-0.2, 0) is 6.54 Å². The summed E-state index contributed by atoms with van der Waals surface area (Å²) in [7, 11) is 0. The van der Waals surface area contributed by atoms with E-state index in [9.17, 15) is 0 Å². The third-order valence-electron chi connectivity index (χ3n) is 3.88. The molecule has 0 radical (unpaired) electrons. The molecule has 1 aliphatic heterocycles. The largest absolute Gasteiger partial charge is 0.295 e. The van der Waals surface area contributed by atoms with Crippen LogP contribution in [0.2, 0.25) is 0 Å². The predicted molar refractivity (Wildman–Crippen MR) is 81.3 cm³/mol. The quantitative estimate of drug-likeness (QED) is 0.833. The van der Waals surface area contributed by atoms with Crippen molar-refractivity contribution in [3.8, 4) is 10.6 Å². The second-order valence-electron chi connectivity index (χ2n) is 5.33. The monoisotopic (exact) mass is 272 g/mol. The average Bonchev–Trinajstić information content (AvgIpc) is 2.91. The van der Waals surface area contributed by atoms with Crippen LogP contribution < -0.4 is 0 Å². The van der Waals surface area contributed by atoms with Crippen LogP contribution in [0.5, 0.6) is 0 Å². The van der Waals surface area contributed by atoms with Gasteiger partial charge in [0.1, 0.15) is 5.01 Å². The lowest BCUT2D eigenvalue weighted by Crippen LogP contribution is -2.36. The van der Waals surface area contributed by atoms with E-state index >= 15 is 0 Å². The fourth-order valence-electron chi connectivity index (χ4n) is 2.69. The molecule has 0 saturated carbocycles. The summed E-state index contributed by atoms with van der Waals surface area (Å²) in [4.78, 5) is 7.35. The van der Waals surface area contributed by atoms with E-state index in [4.69, 9.17) is 4.98 Å². The Morgan fingerprint density at radius 1 is 1.26 bits per heavy atom. The van der Waals surface area contributed by atoms with E-state index in [0.29, 0.717) is 6.04 Å². The summed E-state index contributed by atoms with van der Waals surface area (Å²) in [5.41, 5.74) is 2.45. The van der Waals surface area contributed by atoms with Gasteiger partial charge < -0.3 is 0 Å². The molecule has 2 aromatic rings. The Kier molecular flexibility index (Phi) is 3.95. The molecular weight excluding hydrogens is 252 g/mol. The molecule has 2 nitrogen and oxygen atoms in total. The number of rotatable bonds is 3. The van der Waals surface area contributed by atoms with Crippen LogP contribution in [0.1, 0.15) is 31.9 Å². The first-order chi connectivity index (χ1) is 9.33. The van der Waals surface area contributed by atoms with Crippen molar-refractivity contribution in [1.82, 2.24) is 9.88 Å². The molecule has 1 aliphatic rings. The molecule has 0 spiro atoms. The van der Waals surface area contributed by atoms with Gasteiger partial charge in [-0.3, -0.25) is 4.90 Å². The molecule has 1 unspecified atom stereocenters. The summed E-state index contributed by atoms with van der Waals surface area (Å²) in [6.45, 7) is 4.56. The molecule has 3 rings (SSSR count). The topological polar surface area (TPSA) is 16.1 Å². The van der Waals surface area contributed by atoms with Crippen molar-refractivity contribution in [2.75, 3.05) is 6.54 Å². The van der Waals surface area contributed by atoms with Crippen LogP contribution >= 0.6 is 11.3 Å². The van der Waals surface area contributed by atoms with Crippen molar-refractivity contribution in [3.63, 3.8) is 0 Å². The van der Waals surface area contributed by atoms with Crippen LogP contribution in [-0.4, -0.2) is 22.5 Å². The zero-order chi connectivity index (χ0) is 13.1. The lowest BCUT2D eigenvalue weighted by molar-refractivity contribution is 0.151. The molecule has 1 saturated heterocycles. The highest BCUT2D eigenvalue weighted by Crippen LogP contribution is 2.25. The van der Waals surface area contributed by atoms with Crippen molar-refractivity contribution in [2.45, 2.75) is 38.8 Å². The summed E-state index contributed by atoms with van der Waals surface area (Å²) in [6.07, 6.45) is 4.04. The van der Waals surface area contributed by atoms with Gasteiger partial charge >= 0.3 is 0 Å². The first-order valence-corrected chi connectivity index (χ1v) is 7.95. The van der Waals surface area contributed by atoms with Gasteiger partial charge in [0.2, 0.25) is 0 Å². The van der Waals surface area contributed by atoms with Crippen LogP contribution in [0, 0.1) is 0 Å². The highest BCUT2D eigenvalue weighted by Gasteiger charge is 2.19. The minimum Gasteiger partial charge on any atom is -0.295 e. The lowest BCUT2D eigenvalue weighted by Gasteiger charge is -2.32. The number of hydrogen-bond acceptors (Lipinski definition) is 3. The van der Waals surface area contributed by atoms with E-state index in [1.54, 1.807) is 11.3 Å². The van der Waals surface area contributed by atoms with Crippen LogP contribution in [0.4, 0.5) is 0 Å². The van der Waals surface area contributed by atoms with Gasteiger partial charge in [-0.1, -0.05) is 36.8 Å². The zero-order valence-electron chi connectivity index (χ0n) is 11.4. The third kappa shape index (κ3) is 3.04. The molecule has 1 aromatic heterocycles. The molecule has 1 fully saturated rings. The lowest BCUT2D eigenvalue weighted by atomic mass is 10.0. The Morgan fingerprint density at radius 3 is 2.89 bits per heavy atom. The SMILES string of the molecule is CC1CCCCN1Cc1csc(-c2ccccc2)n1.